The Morgan fingerprint density at radius 3 is 2.64 bits per heavy atom. The van der Waals surface area contributed by atoms with Crippen LogP contribution in [-0.4, -0.2) is 70.1 Å². The summed E-state index contributed by atoms with van der Waals surface area (Å²) in [6.07, 6.45) is -3.26. The molecule has 0 bridgehead atoms. The van der Waals surface area contributed by atoms with Gasteiger partial charge in [-0.1, -0.05) is 6.92 Å². The number of epoxide rings is 1. The topological polar surface area (TPSA) is 117 Å². The van der Waals surface area contributed by atoms with E-state index in [2.05, 4.69) is 0 Å². The van der Waals surface area contributed by atoms with Gasteiger partial charge in [0.1, 0.15) is 11.9 Å². The van der Waals surface area contributed by atoms with Crippen LogP contribution >= 0.6 is 11.3 Å². The van der Waals surface area contributed by atoms with Gasteiger partial charge in [0.15, 0.2) is 5.78 Å². The van der Waals surface area contributed by atoms with E-state index in [0.717, 1.165) is 0 Å². The summed E-state index contributed by atoms with van der Waals surface area (Å²) < 4.78 is 11.3. The van der Waals surface area contributed by atoms with Crippen molar-refractivity contribution >= 4 is 22.9 Å². The van der Waals surface area contributed by atoms with Crippen LogP contribution in [0.2, 0.25) is 0 Å². The highest BCUT2D eigenvalue weighted by atomic mass is 32.1. The van der Waals surface area contributed by atoms with Crippen LogP contribution < -0.4 is 0 Å². The number of ketones is 2. The molecule has 1 aromatic rings. The minimum absolute atomic E-state index is 0.0115. The van der Waals surface area contributed by atoms with Gasteiger partial charge < -0.3 is 24.8 Å². The molecule has 0 aliphatic carbocycles. The number of carbonyl (C=O) groups excluding carboxylic acids is 2. The lowest BCUT2D eigenvalue weighted by atomic mass is 9.85. The summed E-state index contributed by atoms with van der Waals surface area (Å²) in [7, 11) is 0. The molecule has 0 amide bonds. The molecule has 156 valence electrons. The molecular weight excluding hydrogens is 384 g/mol. The lowest BCUT2D eigenvalue weighted by Gasteiger charge is -2.37. The molecular formula is C20H28O7S. The van der Waals surface area contributed by atoms with Gasteiger partial charge >= 0.3 is 0 Å². The molecule has 2 fully saturated rings. The molecule has 2 aliphatic heterocycles. The van der Waals surface area contributed by atoms with Gasteiger partial charge in [-0.25, -0.2) is 0 Å². The molecule has 0 radical (unpaired) electrons. The predicted octanol–water partition coefficient (Wildman–Crippen LogP) is 1.19. The number of carbonyl (C=O) groups is 2. The molecule has 3 N–H and O–H groups in total. The van der Waals surface area contributed by atoms with E-state index in [9.17, 15) is 24.9 Å². The zero-order valence-electron chi connectivity index (χ0n) is 16.1. The van der Waals surface area contributed by atoms with Crippen LogP contribution in [0.1, 0.15) is 43.5 Å². The van der Waals surface area contributed by atoms with Gasteiger partial charge in [0.25, 0.3) is 0 Å². The van der Waals surface area contributed by atoms with Crippen LogP contribution in [0.3, 0.4) is 0 Å². The molecule has 0 spiro atoms. The number of aliphatic hydroxyl groups excluding tert-OH is 3. The maximum atomic E-state index is 12.2. The number of hydrogen-bond donors (Lipinski definition) is 3. The Bertz CT molecular complexity index is 674. The maximum absolute atomic E-state index is 12.2. The Balaban J connectivity index is 1.46. The standard InChI is InChI=1S/C20H28O7S/c1-10(11(2)21)20-17(27-20)7-16-19(25)18(24)13(8-26-16)5-14(22)6-15(23)12-3-4-28-9-12/h3-4,9-11,13,16-21,24-25H,5-8H2,1-2H3/t10-,11-,13-,16-,17-,18+,19-,20-/m0/s1. The zero-order valence-corrected chi connectivity index (χ0v) is 16.9. The van der Waals surface area contributed by atoms with Gasteiger partial charge in [0.05, 0.1) is 43.5 Å². The summed E-state index contributed by atoms with van der Waals surface area (Å²) in [5, 5.41) is 33.9. The molecule has 1 aromatic heterocycles. The summed E-state index contributed by atoms with van der Waals surface area (Å²) in [6.45, 7) is 3.76. The molecule has 28 heavy (non-hydrogen) atoms. The largest absolute Gasteiger partial charge is 0.393 e. The Morgan fingerprint density at radius 2 is 2.00 bits per heavy atom. The predicted molar refractivity (Wildman–Crippen MR) is 102 cm³/mol. The summed E-state index contributed by atoms with van der Waals surface area (Å²) in [5.74, 6) is -1.06. The summed E-state index contributed by atoms with van der Waals surface area (Å²) >= 11 is 1.40. The van der Waals surface area contributed by atoms with Crippen molar-refractivity contribution in [2.45, 2.75) is 69.7 Å². The van der Waals surface area contributed by atoms with E-state index in [-0.39, 0.29) is 49.1 Å². The lowest BCUT2D eigenvalue weighted by molar-refractivity contribution is -0.170. The maximum Gasteiger partial charge on any atom is 0.171 e. The first-order chi connectivity index (χ1) is 13.3. The van der Waals surface area contributed by atoms with Crippen LogP contribution in [0.15, 0.2) is 16.8 Å². The number of ether oxygens (including phenoxy) is 2. The number of aliphatic hydroxyl groups is 3. The monoisotopic (exact) mass is 412 g/mol. The number of Topliss-reactive ketones (excluding diaryl/α,β-unsaturated/α-hetero) is 2. The van der Waals surface area contributed by atoms with Crippen molar-refractivity contribution in [3.05, 3.63) is 22.4 Å². The van der Waals surface area contributed by atoms with Gasteiger partial charge in [-0.05, 0) is 18.4 Å². The van der Waals surface area contributed by atoms with Crippen LogP contribution in [0.4, 0.5) is 0 Å². The Morgan fingerprint density at radius 1 is 1.25 bits per heavy atom. The minimum atomic E-state index is -1.12. The summed E-state index contributed by atoms with van der Waals surface area (Å²) in [5.41, 5.74) is 0.518. The molecule has 8 atom stereocenters. The van der Waals surface area contributed by atoms with Gasteiger partial charge in [-0.2, -0.15) is 11.3 Å². The molecule has 3 rings (SSSR count). The first-order valence-corrected chi connectivity index (χ1v) is 10.6. The third-order valence-electron chi connectivity index (χ3n) is 5.79. The normalized spacial score (nSPS) is 34.6. The average molecular weight is 413 g/mol. The minimum Gasteiger partial charge on any atom is -0.393 e. The second-order valence-corrected chi connectivity index (χ2v) is 8.72. The summed E-state index contributed by atoms with van der Waals surface area (Å²) in [6, 6.07) is 1.68. The third kappa shape index (κ3) is 5.06. The van der Waals surface area contributed by atoms with Gasteiger partial charge in [0.2, 0.25) is 0 Å². The highest BCUT2D eigenvalue weighted by Crippen LogP contribution is 2.37. The van der Waals surface area contributed by atoms with Gasteiger partial charge in [-0.3, -0.25) is 9.59 Å². The van der Waals surface area contributed by atoms with Crippen molar-refractivity contribution in [3.8, 4) is 0 Å². The van der Waals surface area contributed by atoms with Gasteiger partial charge in [-0.15, -0.1) is 0 Å². The zero-order chi connectivity index (χ0) is 20.4. The second-order valence-electron chi connectivity index (χ2n) is 7.94. The molecule has 2 aliphatic rings. The van der Waals surface area contributed by atoms with Crippen molar-refractivity contribution in [3.63, 3.8) is 0 Å². The van der Waals surface area contributed by atoms with Crippen molar-refractivity contribution in [1.29, 1.82) is 0 Å². The molecule has 7 nitrogen and oxygen atoms in total. The average Bonchev–Trinajstić information content (AvgIpc) is 3.17. The van der Waals surface area contributed by atoms with Crippen LogP contribution in [0, 0.1) is 11.8 Å². The molecule has 0 aromatic carbocycles. The highest BCUT2D eigenvalue weighted by molar-refractivity contribution is 7.08. The van der Waals surface area contributed by atoms with E-state index >= 15 is 0 Å². The molecule has 0 unspecified atom stereocenters. The van der Waals surface area contributed by atoms with Crippen molar-refractivity contribution in [1.82, 2.24) is 0 Å². The van der Waals surface area contributed by atoms with E-state index < -0.39 is 30.3 Å². The van der Waals surface area contributed by atoms with Crippen molar-refractivity contribution in [2.75, 3.05) is 6.61 Å². The van der Waals surface area contributed by atoms with Crippen LogP contribution in [0.25, 0.3) is 0 Å². The molecule has 8 heteroatoms. The van der Waals surface area contributed by atoms with E-state index in [1.807, 2.05) is 6.92 Å². The van der Waals surface area contributed by atoms with Gasteiger partial charge in [0, 0.05) is 35.6 Å². The van der Waals surface area contributed by atoms with Crippen molar-refractivity contribution < 1.29 is 34.4 Å². The first kappa shape index (κ1) is 21.5. The molecule has 3 heterocycles. The SMILES string of the molecule is C[C@H]([C@@H]1O[C@H]1C[C@@H]1OC[C@H](CC(=O)CC(=O)c2ccsc2)[C@@H](O)[C@H]1O)[C@H](C)O. The number of rotatable bonds is 9. The van der Waals surface area contributed by atoms with Crippen LogP contribution in [-0.2, 0) is 14.3 Å². The quantitative estimate of drug-likeness (QED) is 0.317. The fraction of sp³-hybridized carbons (Fsp3) is 0.700. The Kier molecular flexibility index (Phi) is 7.01. The number of hydrogen-bond acceptors (Lipinski definition) is 8. The molecule has 0 saturated carbocycles. The van der Waals surface area contributed by atoms with Crippen LogP contribution in [0.5, 0.6) is 0 Å². The Labute approximate surface area is 168 Å². The van der Waals surface area contributed by atoms with E-state index in [1.54, 1.807) is 23.8 Å². The van der Waals surface area contributed by atoms with E-state index in [1.165, 1.54) is 11.3 Å². The fourth-order valence-corrected chi connectivity index (χ4v) is 4.37. The van der Waals surface area contributed by atoms with E-state index in [0.29, 0.717) is 12.0 Å². The second kappa shape index (κ2) is 9.11. The highest BCUT2D eigenvalue weighted by Gasteiger charge is 2.48. The smallest absolute Gasteiger partial charge is 0.171 e. The number of thiophene rings is 1. The fourth-order valence-electron chi connectivity index (χ4n) is 3.71. The molecule has 2 saturated heterocycles. The third-order valence-corrected chi connectivity index (χ3v) is 6.48. The van der Waals surface area contributed by atoms with E-state index in [4.69, 9.17) is 9.47 Å². The Hall–Kier alpha value is -1.16. The summed E-state index contributed by atoms with van der Waals surface area (Å²) in [4.78, 5) is 24.2. The van der Waals surface area contributed by atoms with Crippen molar-refractivity contribution in [2.24, 2.45) is 11.8 Å². The lowest BCUT2D eigenvalue weighted by Crippen LogP contribution is -2.51. The first-order valence-electron chi connectivity index (χ1n) is 9.66.